The van der Waals surface area contributed by atoms with Gasteiger partial charge in [0.2, 0.25) is 12.6 Å². The first-order chi connectivity index (χ1) is 27.8. The van der Waals surface area contributed by atoms with Gasteiger partial charge in [-0.15, -0.1) is 6.58 Å². The van der Waals surface area contributed by atoms with Gasteiger partial charge in [-0.25, -0.2) is 4.79 Å². The van der Waals surface area contributed by atoms with Crippen molar-refractivity contribution in [1.82, 2.24) is 9.88 Å². The number of H-pyrrole nitrogens is 1. The van der Waals surface area contributed by atoms with Gasteiger partial charge in [-0.2, -0.15) is 0 Å². The number of ether oxygens (including phenoxy) is 8. The highest BCUT2D eigenvalue weighted by atomic mass is 79.9. The molecule has 1 fully saturated rings. The minimum atomic E-state index is -1.54. The van der Waals surface area contributed by atoms with Gasteiger partial charge in [-0.05, 0) is 42.2 Å². The van der Waals surface area contributed by atoms with Crippen molar-refractivity contribution >= 4 is 56.7 Å². The van der Waals surface area contributed by atoms with Crippen LogP contribution in [0.1, 0.15) is 57.0 Å². The Balaban J connectivity index is 1.38. The smallest absolute Gasteiger partial charge is 0.337 e. The van der Waals surface area contributed by atoms with Gasteiger partial charge in [0.15, 0.2) is 18.3 Å². The number of methoxy groups -OCH3 is 1. The van der Waals surface area contributed by atoms with Crippen molar-refractivity contribution in [2.75, 3.05) is 20.3 Å². The van der Waals surface area contributed by atoms with E-state index in [0.717, 1.165) is 60.4 Å². The molecule has 1 aromatic heterocycles. The Bertz CT molecular complexity index is 2050. The first-order valence-corrected chi connectivity index (χ1v) is 19.7. The lowest BCUT2D eigenvalue weighted by molar-refractivity contribution is -0.342. The fraction of sp³-hybridized carbons (Fsp3) is 0.452. The SMILES string of the molecule is C=C[C@H]1[C@H](O[C@@H]2O[C@H](COC(C)=O)[C@@H](OC(C)=O)[C@H](OC(C)=O)[C@H]2OC(C)=O)OC=C(C(=O)OC)[C@H]1C[C@@H]1c2[nH]c3ccccc3c2CCN1Cc1ccc(Br)cc1. The Labute approximate surface area is 344 Å². The van der Waals surface area contributed by atoms with Crippen molar-refractivity contribution in [2.45, 2.75) is 90.1 Å². The van der Waals surface area contributed by atoms with Gasteiger partial charge < -0.3 is 42.9 Å². The van der Waals surface area contributed by atoms with Crippen molar-refractivity contribution in [3.63, 3.8) is 0 Å². The van der Waals surface area contributed by atoms with Crippen LogP contribution in [0, 0.1) is 11.8 Å². The molecule has 4 heterocycles. The van der Waals surface area contributed by atoms with Crippen LogP contribution in [0.5, 0.6) is 0 Å². The highest BCUT2D eigenvalue weighted by Gasteiger charge is 2.54. The molecule has 15 nitrogen and oxygen atoms in total. The van der Waals surface area contributed by atoms with Crippen molar-refractivity contribution in [3.05, 3.63) is 94.3 Å². The second kappa shape index (κ2) is 18.7. The molecule has 0 amide bonds. The molecule has 0 spiro atoms. The number of nitrogens with zero attached hydrogens (tertiary/aromatic N) is 1. The summed E-state index contributed by atoms with van der Waals surface area (Å²) in [5.41, 5.74) is 4.59. The van der Waals surface area contributed by atoms with Crippen LogP contribution < -0.4 is 0 Å². The van der Waals surface area contributed by atoms with Crippen LogP contribution in [0.2, 0.25) is 0 Å². The van der Waals surface area contributed by atoms with E-state index in [2.05, 4.69) is 50.6 Å². The summed E-state index contributed by atoms with van der Waals surface area (Å²) in [6, 6.07) is 16.1. The number of carbonyl (C=O) groups is 5. The maximum absolute atomic E-state index is 13.5. The number of aromatic nitrogens is 1. The topological polar surface area (TPSA) is 178 Å². The molecular formula is C42H47BrN2O13. The van der Waals surface area contributed by atoms with Crippen molar-refractivity contribution in [3.8, 4) is 0 Å². The summed E-state index contributed by atoms with van der Waals surface area (Å²) in [7, 11) is 1.29. The number of hydrogen-bond donors (Lipinski definition) is 1. The number of halogens is 1. The summed E-state index contributed by atoms with van der Waals surface area (Å²) in [5, 5.41) is 1.13. The molecule has 58 heavy (non-hydrogen) atoms. The summed E-state index contributed by atoms with van der Waals surface area (Å²) in [6.07, 6.45) is -4.23. The van der Waals surface area contributed by atoms with Gasteiger partial charge in [0.1, 0.15) is 12.7 Å². The second-order valence-electron chi connectivity index (χ2n) is 14.4. The van der Waals surface area contributed by atoms with E-state index in [0.29, 0.717) is 13.0 Å². The van der Waals surface area contributed by atoms with Crippen LogP contribution in [-0.4, -0.2) is 97.0 Å². The highest BCUT2D eigenvalue weighted by Crippen LogP contribution is 2.45. The van der Waals surface area contributed by atoms with Crippen LogP contribution in [-0.2, 0) is 74.8 Å². The summed E-state index contributed by atoms with van der Waals surface area (Å²) >= 11 is 3.53. The Morgan fingerprint density at radius 2 is 1.57 bits per heavy atom. The minimum absolute atomic E-state index is 0.232. The highest BCUT2D eigenvalue weighted by molar-refractivity contribution is 9.10. The van der Waals surface area contributed by atoms with E-state index >= 15 is 0 Å². The molecule has 0 aliphatic carbocycles. The van der Waals surface area contributed by atoms with Crippen molar-refractivity contribution in [2.24, 2.45) is 11.8 Å². The zero-order valence-electron chi connectivity index (χ0n) is 32.8. The standard InChI is InChI=1S/C42H47BrN2O13/c1-7-28-31(18-34-36-30(29-10-8-9-11-33(29)44-36)16-17-45(34)19-26-12-14-27(43)15-13-26)32(40(50)51-6)20-53-41(28)58-42-39(56-25(5)49)38(55-24(4)48)37(54-23(3)47)35(57-42)21-52-22(2)46/h7-15,20,28,31,34-35,37-39,41-42,44H,1,16-19,21H2,2-6H3/t28-,31+,34-,35-,37-,38+,39-,41+,42+/m1/s1. The molecular weight excluding hydrogens is 820 g/mol. The number of benzene rings is 2. The van der Waals surface area contributed by atoms with Crippen LogP contribution in [0.3, 0.4) is 0 Å². The number of esters is 5. The first kappa shape index (κ1) is 42.6. The maximum Gasteiger partial charge on any atom is 0.337 e. The largest absolute Gasteiger partial charge is 0.471 e. The number of para-hydroxylation sites is 1. The van der Waals surface area contributed by atoms with E-state index in [1.54, 1.807) is 6.08 Å². The van der Waals surface area contributed by atoms with Gasteiger partial charge >= 0.3 is 29.8 Å². The molecule has 6 rings (SSSR count). The molecule has 3 aromatic rings. The quantitative estimate of drug-likeness (QED) is 0.132. The number of aromatic amines is 1. The zero-order valence-corrected chi connectivity index (χ0v) is 34.4. The molecule has 0 unspecified atom stereocenters. The summed E-state index contributed by atoms with van der Waals surface area (Å²) in [5.74, 6) is -4.94. The molecule has 0 bridgehead atoms. The fourth-order valence-corrected chi connectivity index (χ4v) is 8.30. The molecule has 3 aliphatic heterocycles. The van der Waals surface area contributed by atoms with Gasteiger partial charge in [0.25, 0.3) is 0 Å². The van der Waals surface area contributed by atoms with E-state index in [4.69, 9.17) is 37.9 Å². The summed E-state index contributed by atoms with van der Waals surface area (Å²) < 4.78 is 47.0. The van der Waals surface area contributed by atoms with E-state index in [1.807, 2.05) is 30.3 Å². The number of fused-ring (bicyclic) bond motifs is 3. The van der Waals surface area contributed by atoms with E-state index in [-0.39, 0.29) is 11.6 Å². The van der Waals surface area contributed by atoms with Crippen LogP contribution in [0.15, 0.2) is 77.5 Å². The van der Waals surface area contributed by atoms with Crippen LogP contribution in [0.4, 0.5) is 0 Å². The Morgan fingerprint density at radius 3 is 2.22 bits per heavy atom. The van der Waals surface area contributed by atoms with Gasteiger partial charge in [0.05, 0.1) is 25.0 Å². The lowest BCUT2D eigenvalue weighted by Crippen LogP contribution is -2.63. The van der Waals surface area contributed by atoms with Crippen molar-refractivity contribution < 1.29 is 61.9 Å². The molecule has 9 atom stereocenters. The van der Waals surface area contributed by atoms with Gasteiger partial charge in [-0.1, -0.05) is 52.3 Å². The minimum Gasteiger partial charge on any atom is -0.471 e. The van der Waals surface area contributed by atoms with E-state index < -0.39 is 85.3 Å². The molecule has 3 aliphatic rings. The predicted octanol–water partition coefficient (Wildman–Crippen LogP) is 5.35. The molecule has 310 valence electrons. The zero-order chi connectivity index (χ0) is 41.7. The number of carbonyl (C=O) groups excluding carboxylic acids is 5. The summed E-state index contributed by atoms with van der Waals surface area (Å²) in [4.78, 5) is 68.7. The van der Waals surface area contributed by atoms with Crippen LogP contribution in [0.25, 0.3) is 10.9 Å². The first-order valence-electron chi connectivity index (χ1n) is 18.9. The van der Waals surface area contributed by atoms with Gasteiger partial charge in [-0.3, -0.25) is 24.1 Å². The number of rotatable bonds is 13. The molecule has 0 radical (unpaired) electrons. The Morgan fingerprint density at radius 1 is 0.897 bits per heavy atom. The average molecular weight is 868 g/mol. The molecule has 1 N–H and O–H groups in total. The lowest BCUT2D eigenvalue weighted by atomic mass is 9.77. The fourth-order valence-electron chi connectivity index (χ4n) is 8.04. The van der Waals surface area contributed by atoms with Gasteiger partial charge in [0, 0.05) is 73.7 Å². The predicted molar refractivity (Wildman–Crippen MR) is 209 cm³/mol. The average Bonchev–Trinajstić information content (AvgIpc) is 3.56. The van der Waals surface area contributed by atoms with E-state index in [9.17, 15) is 24.0 Å². The third-order valence-corrected chi connectivity index (χ3v) is 11.0. The maximum atomic E-state index is 13.5. The third-order valence-electron chi connectivity index (χ3n) is 10.5. The molecule has 16 heteroatoms. The Kier molecular flexibility index (Phi) is 13.7. The molecule has 2 aromatic carbocycles. The number of hydrogen-bond acceptors (Lipinski definition) is 14. The summed E-state index contributed by atoms with van der Waals surface area (Å²) in [6.45, 7) is 9.63. The Hall–Kier alpha value is -5.03. The normalized spacial score (nSPS) is 26.9. The molecule has 1 saturated heterocycles. The van der Waals surface area contributed by atoms with Crippen molar-refractivity contribution in [1.29, 1.82) is 0 Å². The lowest BCUT2D eigenvalue weighted by Gasteiger charge is -2.46. The monoisotopic (exact) mass is 866 g/mol. The van der Waals surface area contributed by atoms with Crippen LogP contribution >= 0.6 is 15.9 Å². The molecule has 0 saturated carbocycles. The van der Waals surface area contributed by atoms with E-state index in [1.165, 1.54) is 25.9 Å². The second-order valence-corrected chi connectivity index (χ2v) is 15.3. The third kappa shape index (κ3) is 9.63. The number of nitrogens with one attached hydrogen (secondary N) is 1.